The Bertz CT molecular complexity index is 1370. The van der Waals surface area contributed by atoms with Crippen molar-refractivity contribution in [1.82, 2.24) is 24.4 Å². The molecule has 40 heavy (non-hydrogen) atoms. The fourth-order valence-electron chi connectivity index (χ4n) is 6.34. The Morgan fingerprint density at radius 3 is 2.62 bits per heavy atom. The molecule has 3 aliphatic rings. The number of nitrogens with zero attached hydrogens (tertiary/aromatic N) is 6. The van der Waals surface area contributed by atoms with Crippen molar-refractivity contribution in [2.24, 2.45) is 5.92 Å². The number of piperidine rings is 1. The van der Waals surface area contributed by atoms with Crippen LogP contribution in [0.3, 0.4) is 0 Å². The van der Waals surface area contributed by atoms with Gasteiger partial charge in [-0.15, -0.1) is 0 Å². The van der Waals surface area contributed by atoms with Crippen molar-refractivity contribution < 1.29 is 9.13 Å². The zero-order valence-electron chi connectivity index (χ0n) is 22.8. The highest BCUT2D eigenvalue weighted by molar-refractivity contribution is 6.33. The molecule has 0 spiro atoms. The SMILES string of the molecule is O=c1cnc2cnc(Nc3ccc(N4CCC(CCCN5CCOCC5)CC4)c(Cl)c3)nc2n1C1CCC(F)C1. The number of hydrogen-bond donors (Lipinski definition) is 1. The number of alkyl halides is 1. The second-order valence-electron chi connectivity index (χ2n) is 11.3. The van der Waals surface area contributed by atoms with Gasteiger partial charge in [-0.2, -0.15) is 4.98 Å². The van der Waals surface area contributed by atoms with Crippen LogP contribution in [0.4, 0.5) is 21.7 Å². The van der Waals surface area contributed by atoms with E-state index in [4.69, 9.17) is 16.3 Å². The van der Waals surface area contributed by atoms with Crippen LogP contribution in [0.5, 0.6) is 0 Å². The van der Waals surface area contributed by atoms with E-state index in [0.29, 0.717) is 41.4 Å². The van der Waals surface area contributed by atoms with Crippen LogP contribution in [0, 0.1) is 5.92 Å². The van der Waals surface area contributed by atoms with Gasteiger partial charge in [0.25, 0.3) is 5.56 Å². The van der Waals surface area contributed by atoms with E-state index in [-0.39, 0.29) is 11.6 Å². The molecule has 0 bridgehead atoms. The summed E-state index contributed by atoms with van der Waals surface area (Å²) in [7, 11) is 0. The molecule has 214 valence electrons. The summed E-state index contributed by atoms with van der Waals surface area (Å²) in [5.41, 5.74) is 2.45. The molecule has 2 unspecified atom stereocenters. The van der Waals surface area contributed by atoms with Crippen LogP contribution >= 0.6 is 11.6 Å². The summed E-state index contributed by atoms with van der Waals surface area (Å²) < 4.78 is 20.9. The quantitative estimate of drug-likeness (QED) is 0.406. The number of morpholine rings is 1. The summed E-state index contributed by atoms with van der Waals surface area (Å²) in [6.45, 7) is 7.05. The van der Waals surface area contributed by atoms with Crippen LogP contribution in [0.15, 0.2) is 35.4 Å². The summed E-state index contributed by atoms with van der Waals surface area (Å²) in [5, 5.41) is 3.89. The van der Waals surface area contributed by atoms with Gasteiger partial charge in [-0.3, -0.25) is 14.3 Å². The molecule has 6 rings (SSSR count). The number of anilines is 3. The first-order chi connectivity index (χ1) is 19.5. The van der Waals surface area contributed by atoms with Gasteiger partial charge < -0.3 is 15.0 Å². The third-order valence-electron chi connectivity index (χ3n) is 8.59. The highest BCUT2D eigenvalue weighted by atomic mass is 35.5. The monoisotopic (exact) mass is 569 g/mol. The minimum absolute atomic E-state index is 0.224. The van der Waals surface area contributed by atoms with Gasteiger partial charge in [0.2, 0.25) is 5.95 Å². The maximum absolute atomic E-state index is 13.9. The Morgan fingerprint density at radius 1 is 1.05 bits per heavy atom. The van der Waals surface area contributed by atoms with Gasteiger partial charge in [0.05, 0.1) is 36.3 Å². The number of ether oxygens (including phenoxy) is 1. The molecule has 3 fully saturated rings. The topological polar surface area (TPSA) is 88.4 Å². The Balaban J connectivity index is 1.08. The van der Waals surface area contributed by atoms with Gasteiger partial charge in [-0.05, 0) is 75.6 Å². The smallest absolute Gasteiger partial charge is 0.270 e. The van der Waals surface area contributed by atoms with Crippen molar-refractivity contribution in [2.45, 2.75) is 57.2 Å². The lowest BCUT2D eigenvalue weighted by atomic mass is 9.92. The first kappa shape index (κ1) is 27.4. The Hall–Kier alpha value is -2.82. The molecule has 1 saturated carbocycles. The van der Waals surface area contributed by atoms with Gasteiger partial charge in [-0.1, -0.05) is 11.6 Å². The van der Waals surface area contributed by atoms with Crippen LogP contribution < -0.4 is 15.8 Å². The highest BCUT2D eigenvalue weighted by Gasteiger charge is 2.28. The molecular weight excluding hydrogens is 533 g/mol. The lowest BCUT2D eigenvalue weighted by Gasteiger charge is -2.34. The number of benzene rings is 1. The third kappa shape index (κ3) is 6.24. The minimum atomic E-state index is -0.897. The van der Waals surface area contributed by atoms with Crippen molar-refractivity contribution in [2.75, 3.05) is 56.2 Å². The molecular formula is C29H37ClFN7O2. The van der Waals surface area contributed by atoms with Crippen LogP contribution in [0.2, 0.25) is 5.02 Å². The van der Waals surface area contributed by atoms with E-state index in [0.717, 1.165) is 56.7 Å². The number of fused-ring (bicyclic) bond motifs is 1. The van der Waals surface area contributed by atoms with Crippen LogP contribution in [0.1, 0.15) is 51.0 Å². The molecule has 4 heterocycles. The second kappa shape index (κ2) is 12.4. The average Bonchev–Trinajstić information content (AvgIpc) is 3.39. The molecule has 9 nitrogen and oxygen atoms in total. The van der Waals surface area contributed by atoms with Gasteiger partial charge in [0.1, 0.15) is 11.7 Å². The minimum Gasteiger partial charge on any atom is -0.379 e. The second-order valence-corrected chi connectivity index (χ2v) is 11.7. The summed E-state index contributed by atoms with van der Waals surface area (Å²) >= 11 is 6.75. The molecule has 2 aromatic heterocycles. The van der Waals surface area contributed by atoms with Gasteiger partial charge in [-0.25, -0.2) is 14.4 Å². The number of rotatable bonds is 8. The predicted octanol–water partition coefficient (Wildman–Crippen LogP) is 4.98. The van der Waals surface area contributed by atoms with Crippen molar-refractivity contribution in [3.05, 3.63) is 46.0 Å². The molecule has 2 aliphatic heterocycles. The van der Waals surface area contributed by atoms with Crippen molar-refractivity contribution in [3.8, 4) is 0 Å². The molecule has 1 aliphatic carbocycles. The molecule has 1 aromatic carbocycles. The van der Waals surface area contributed by atoms with Crippen LogP contribution in [-0.2, 0) is 4.74 Å². The summed E-state index contributed by atoms with van der Waals surface area (Å²) in [6, 6.07) is 5.68. The van der Waals surface area contributed by atoms with Crippen molar-refractivity contribution in [3.63, 3.8) is 0 Å². The number of halogens is 2. The van der Waals surface area contributed by atoms with Gasteiger partial charge >= 0.3 is 0 Å². The number of aromatic nitrogens is 4. The molecule has 3 aromatic rings. The van der Waals surface area contributed by atoms with Gasteiger partial charge in [0.15, 0.2) is 5.65 Å². The fraction of sp³-hybridized carbons (Fsp3) is 0.586. The van der Waals surface area contributed by atoms with Crippen LogP contribution in [-0.4, -0.2) is 76.5 Å². The normalized spacial score (nSPS) is 22.7. The third-order valence-corrected chi connectivity index (χ3v) is 8.89. The van der Waals surface area contributed by atoms with Gasteiger partial charge in [0, 0.05) is 37.9 Å². The van der Waals surface area contributed by atoms with E-state index in [1.54, 1.807) is 10.8 Å². The molecule has 0 radical (unpaired) electrons. The molecule has 1 N–H and O–H groups in total. The Morgan fingerprint density at radius 2 is 1.88 bits per heavy atom. The predicted molar refractivity (Wildman–Crippen MR) is 156 cm³/mol. The van der Waals surface area contributed by atoms with E-state index in [2.05, 4.69) is 30.1 Å². The summed E-state index contributed by atoms with van der Waals surface area (Å²) in [6.07, 6.45) is 8.23. The van der Waals surface area contributed by atoms with E-state index in [1.807, 2.05) is 18.2 Å². The first-order valence-corrected chi connectivity index (χ1v) is 14.9. The maximum Gasteiger partial charge on any atom is 0.270 e. The molecule has 11 heteroatoms. The zero-order chi connectivity index (χ0) is 27.5. The van der Waals surface area contributed by atoms with E-state index >= 15 is 0 Å². The van der Waals surface area contributed by atoms with Crippen LogP contribution in [0.25, 0.3) is 11.2 Å². The van der Waals surface area contributed by atoms with E-state index in [9.17, 15) is 9.18 Å². The Kier molecular flexibility index (Phi) is 8.46. The fourth-order valence-corrected chi connectivity index (χ4v) is 6.64. The Labute approximate surface area is 238 Å². The maximum atomic E-state index is 13.9. The van der Waals surface area contributed by atoms with E-state index in [1.165, 1.54) is 38.4 Å². The number of nitrogens with one attached hydrogen (secondary N) is 1. The zero-order valence-corrected chi connectivity index (χ0v) is 23.5. The lowest BCUT2D eigenvalue weighted by molar-refractivity contribution is 0.0365. The summed E-state index contributed by atoms with van der Waals surface area (Å²) in [5.74, 6) is 1.11. The standard InChI is InChI=1S/C29H37ClFN7O2/c30-24-17-22(4-6-26(24)37-10-7-20(8-11-37)2-1-9-36-12-14-40-15-13-36)34-29-33-18-25-28(35-29)38(27(39)19-32-25)23-5-3-21(31)16-23/h4,6,17-21,23H,1-3,5,7-16H2,(H,33,34,35). The van der Waals surface area contributed by atoms with E-state index < -0.39 is 6.17 Å². The average molecular weight is 570 g/mol. The summed E-state index contributed by atoms with van der Waals surface area (Å²) in [4.78, 5) is 30.7. The largest absolute Gasteiger partial charge is 0.379 e. The highest BCUT2D eigenvalue weighted by Crippen LogP contribution is 2.34. The first-order valence-electron chi connectivity index (χ1n) is 14.5. The molecule has 2 saturated heterocycles. The molecule has 2 atom stereocenters. The molecule has 0 amide bonds. The lowest BCUT2D eigenvalue weighted by Crippen LogP contribution is -2.37. The number of hydrogen-bond acceptors (Lipinski definition) is 8. The van der Waals surface area contributed by atoms with Crippen molar-refractivity contribution in [1.29, 1.82) is 0 Å². The van der Waals surface area contributed by atoms with Crippen molar-refractivity contribution >= 4 is 40.1 Å².